The molecule has 7 heteroatoms. The first-order valence-electron chi connectivity index (χ1n) is 5.51. The lowest BCUT2D eigenvalue weighted by Crippen LogP contribution is -2.12. The van der Waals surface area contributed by atoms with Crippen molar-refractivity contribution < 1.29 is 18.5 Å². The Kier molecular flexibility index (Phi) is 10.7. The number of phosphoric acid groups is 1. The summed E-state index contributed by atoms with van der Waals surface area (Å²) >= 11 is 5.44. The van der Waals surface area contributed by atoms with E-state index in [0.29, 0.717) is 6.00 Å². The molecule has 0 rings (SSSR count). The van der Waals surface area contributed by atoms with E-state index in [9.17, 15) is 4.57 Å². The van der Waals surface area contributed by atoms with Gasteiger partial charge in [-0.1, -0.05) is 12.8 Å². The van der Waals surface area contributed by atoms with Gasteiger partial charge in [-0.15, -0.1) is 11.6 Å². The molecule has 0 radical (unpaired) electrons. The fourth-order valence-corrected chi connectivity index (χ4v) is 2.05. The summed E-state index contributed by atoms with van der Waals surface area (Å²) in [6.07, 6.45) is 3.83. The number of halogens is 1. The minimum absolute atomic E-state index is 0.178. The molecule has 16 heavy (non-hydrogen) atoms. The van der Waals surface area contributed by atoms with E-state index in [1.165, 1.54) is 0 Å². The lowest BCUT2D eigenvalue weighted by atomic mass is 10.2. The maximum Gasteiger partial charge on any atom is 0.472 e. The number of unbranched alkanes of at least 4 members (excludes halogenated alkanes) is 3. The van der Waals surface area contributed by atoms with Crippen LogP contribution in [0.25, 0.3) is 0 Å². The van der Waals surface area contributed by atoms with Crippen LogP contribution in [0.3, 0.4) is 0 Å². The molecular weight excluding hydrogens is 253 g/mol. The van der Waals surface area contributed by atoms with Crippen molar-refractivity contribution in [2.75, 3.05) is 25.8 Å². The molecule has 5 nitrogen and oxygen atoms in total. The van der Waals surface area contributed by atoms with Crippen LogP contribution in [0, 0.1) is 0 Å². The van der Waals surface area contributed by atoms with E-state index in [-0.39, 0.29) is 13.2 Å². The minimum atomic E-state index is -3.79. The topological polar surface area (TPSA) is 67.8 Å². The lowest BCUT2D eigenvalue weighted by molar-refractivity contribution is 0.153. The molecule has 0 saturated heterocycles. The summed E-state index contributed by atoms with van der Waals surface area (Å²) in [6, 6.07) is 0.477. The van der Waals surface area contributed by atoms with Crippen molar-refractivity contribution in [3.8, 4) is 0 Å². The highest BCUT2D eigenvalue weighted by atomic mass is 35.5. The molecule has 0 aromatic rings. The molecule has 0 bridgehead atoms. The van der Waals surface area contributed by atoms with Crippen LogP contribution in [-0.4, -0.2) is 30.7 Å². The van der Waals surface area contributed by atoms with Gasteiger partial charge in [-0.2, -0.15) is 0 Å². The number of alkyl halides is 1. The van der Waals surface area contributed by atoms with Gasteiger partial charge in [0.2, 0.25) is 0 Å². The molecule has 0 spiro atoms. The molecule has 1 atom stereocenters. The van der Waals surface area contributed by atoms with E-state index in [2.05, 4.69) is 9.84 Å². The number of hydrogen-bond acceptors (Lipinski definition) is 4. The largest absolute Gasteiger partial charge is 0.472 e. The Balaban J connectivity index is 3.23. The fourth-order valence-electron chi connectivity index (χ4n) is 1.15. The Labute approximate surface area is 102 Å². The molecule has 98 valence electrons. The Hall–Kier alpha value is 0.360. The van der Waals surface area contributed by atoms with Crippen molar-refractivity contribution >= 4 is 19.4 Å². The summed E-state index contributed by atoms with van der Waals surface area (Å²) in [6.45, 7) is 2.99. The third kappa shape index (κ3) is 10.9. The Morgan fingerprint density at radius 2 is 1.94 bits per heavy atom. The van der Waals surface area contributed by atoms with E-state index < -0.39 is 7.82 Å². The second-order valence-corrected chi connectivity index (χ2v) is 4.99. The third-order valence-corrected chi connectivity index (χ3v) is 3.17. The smallest absolute Gasteiger partial charge is 0.304 e. The summed E-state index contributed by atoms with van der Waals surface area (Å²) in [5, 5.41) is 3.01. The van der Waals surface area contributed by atoms with Crippen LogP contribution in [0.5, 0.6) is 0 Å². The van der Waals surface area contributed by atoms with Gasteiger partial charge in [0, 0.05) is 0 Å². The SMILES string of the molecule is CCOP(=O)(O)OCCCCCCNCCl. The van der Waals surface area contributed by atoms with Crippen molar-refractivity contribution in [3.05, 3.63) is 0 Å². The second-order valence-electron chi connectivity index (χ2n) is 3.27. The average molecular weight is 274 g/mol. The fraction of sp³-hybridized carbons (Fsp3) is 1.00. The average Bonchev–Trinajstić information content (AvgIpc) is 2.22. The van der Waals surface area contributed by atoms with Gasteiger partial charge in [0.15, 0.2) is 0 Å². The van der Waals surface area contributed by atoms with Crippen LogP contribution >= 0.6 is 19.4 Å². The summed E-state index contributed by atoms with van der Waals surface area (Å²) in [5.41, 5.74) is 0. The van der Waals surface area contributed by atoms with Crippen LogP contribution in [-0.2, 0) is 13.6 Å². The molecule has 0 heterocycles. The molecule has 2 N–H and O–H groups in total. The Morgan fingerprint density at radius 1 is 1.25 bits per heavy atom. The molecule has 0 amide bonds. The van der Waals surface area contributed by atoms with E-state index in [1.54, 1.807) is 6.92 Å². The molecule has 0 saturated carbocycles. The monoisotopic (exact) mass is 273 g/mol. The van der Waals surface area contributed by atoms with Crippen molar-refractivity contribution in [2.24, 2.45) is 0 Å². The van der Waals surface area contributed by atoms with E-state index in [0.717, 1.165) is 32.2 Å². The maximum absolute atomic E-state index is 11.1. The normalized spacial score (nSPS) is 14.9. The highest BCUT2D eigenvalue weighted by Crippen LogP contribution is 2.42. The number of phosphoric ester groups is 1. The van der Waals surface area contributed by atoms with Gasteiger partial charge in [-0.25, -0.2) is 4.57 Å². The van der Waals surface area contributed by atoms with Crippen molar-refractivity contribution in [1.82, 2.24) is 5.32 Å². The maximum atomic E-state index is 11.1. The van der Waals surface area contributed by atoms with Crippen LogP contribution in [0.2, 0.25) is 0 Å². The molecule has 0 aliphatic heterocycles. The lowest BCUT2D eigenvalue weighted by Gasteiger charge is -2.10. The summed E-state index contributed by atoms with van der Waals surface area (Å²) in [7, 11) is -3.79. The van der Waals surface area contributed by atoms with Crippen molar-refractivity contribution in [2.45, 2.75) is 32.6 Å². The van der Waals surface area contributed by atoms with Gasteiger partial charge in [0.05, 0.1) is 19.2 Å². The van der Waals surface area contributed by atoms with Gasteiger partial charge in [0.1, 0.15) is 0 Å². The molecule has 0 aliphatic rings. The number of hydrogen-bond donors (Lipinski definition) is 2. The highest BCUT2D eigenvalue weighted by molar-refractivity contribution is 7.47. The van der Waals surface area contributed by atoms with E-state index in [1.807, 2.05) is 0 Å². The number of rotatable bonds is 11. The first-order valence-corrected chi connectivity index (χ1v) is 7.54. The summed E-state index contributed by atoms with van der Waals surface area (Å²) in [5.74, 6) is 0. The first-order chi connectivity index (χ1) is 7.62. The zero-order valence-electron chi connectivity index (χ0n) is 9.65. The second kappa shape index (κ2) is 10.5. The highest BCUT2D eigenvalue weighted by Gasteiger charge is 2.18. The molecular formula is C9H21ClNO4P. The van der Waals surface area contributed by atoms with Crippen LogP contribution in [0.15, 0.2) is 0 Å². The predicted molar refractivity (Wildman–Crippen MR) is 64.6 cm³/mol. The third-order valence-electron chi connectivity index (χ3n) is 1.89. The Bertz CT molecular complexity index is 206. The van der Waals surface area contributed by atoms with Gasteiger partial charge in [-0.3, -0.25) is 9.05 Å². The molecule has 0 aromatic carbocycles. The van der Waals surface area contributed by atoms with Crippen LogP contribution < -0.4 is 5.32 Å². The van der Waals surface area contributed by atoms with E-state index in [4.69, 9.17) is 21.0 Å². The van der Waals surface area contributed by atoms with Gasteiger partial charge in [-0.05, 0) is 26.3 Å². The molecule has 0 aliphatic carbocycles. The first kappa shape index (κ1) is 16.4. The van der Waals surface area contributed by atoms with Gasteiger partial charge >= 0.3 is 7.82 Å². The van der Waals surface area contributed by atoms with Gasteiger partial charge < -0.3 is 10.2 Å². The standard InChI is InChI=1S/C9H21ClNO4P/c1-2-14-16(12,13)15-8-6-4-3-5-7-11-9-10/h11H,2-9H2,1H3,(H,12,13). The molecule has 1 unspecified atom stereocenters. The quantitative estimate of drug-likeness (QED) is 0.262. The predicted octanol–water partition coefficient (Wildman–Crippen LogP) is 2.49. The Morgan fingerprint density at radius 3 is 2.56 bits per heavy atom. The zero-order valence-corrected chi connectivity index (χ0v) is 11.3. The summed E-state index contributed by atoms with van der Waals surface area (Å²) in [4.78, 5) is 9.07. The summed E-state index contributed by atoms with van der Waals surface area (Å²) < 4.78 is 20.4. The van der Waals surface area contributed by atoms with Crippen LogP contribution in [0.1, 0.15) is 32.6 Å². The van der Waals surface area contributed by atoms with Crippen molar-refractivity contribution in [3.63, 3.8) is 0 Å². The molecule has 0 aromatic heterocycles. The minimum Gasteiger partial charge on any atom is -0.304 e. The van der Waals surface area contributed by atoms with Crippen LogP contribution in [0.4, 0.5) is 0 Å². The number of nitrogens with one attached hydrogen (secondary N) is 1. The molecule has 0 fully saturated rings. The van der Waals surface area contributed by atoms with Crippen molar-refractivity contribution in [1.29, 1.82) is 0 Å². The van der Waals surface area contributed by atoms with Gasteiger partial charge in [0.25, 0.3) is 0 Å². The zero-order chi connectivity index (χ0) is 12.3. The van der Waals surface area contributed by atoms with E-state index >= 15 is 0 Å².